The summed E-state index contributed by atoms with van der Waals surface area (Å²) >= 11 is 1.60. The number of hydrogen-bond donors (Lipinski definition) is 0. The molecule has 1 atom stereocenters. The highest BCUT2D eigenvalue weighted by molar-refractivity contribution is 7.07. The van der Waals surface area contributed by atoms with Gasteiger partial charge in [-0.25, -0.2) is 4.99 Å². The third kappa shape index (κ3) is 5.12. The van der Waals surface area contributed by atoms with E-state index in [9.17, 15) is 10.1 Å². The average Bonchev–Trinajstić information content (AvgIpc) is 3.25. The first-order valence-electron chi connectivity index (χ1n) is 11.0. The van der Waals surface area contributed by atoms with Crippen molar-refractivity contribution in [2.45, 2.75) is 39.7 Å². The summed E-state index contributed by atoms with van der Waals surface area (Å²) < 4.78 is 2.27. The zero-order valence-electron chi connectivity index (χ0n) is 19.1. The van der Waals surface area contributed by atoms with Crippen molar-refractivity contribution in [1.82, 2.24) is 4.57 Å². The van der Waals surface area contributed by atoms with Gasteiger partial charge in [-0.15, -0.1) is 11.3 Å². The number of aromatic nitrogens is 1. The minimum Gasteiger partial charge on any atom is -0.314 e. The van der Waals surface area contributed by atoms with Crippen LogP contribution in [-0.2, 0) is 6.42 Å². The highest BCUT2D eigenvalue weighted by atomic mass is 32.1. The molecule has 0 aliphatic heterocycles. The fourth-order valence-corrected chi connectivity index (χ4v) is 4.91. The van der Waals surface area contributed by atoms with Crippen molar-refractivity contribution in [3.05, 3.63) is 110 Å². The van der Waals surface area contributed by atoms with Crippen LogP contribution >= 0.6 is 11.3 Å². The molecule has 1 aromatic heterocycles. The van der Waals surface area contributed by atoms with E-state index in [0.29, 0.717) is 0 Å². The monoisotopic (exact) mass is 457 g/mol. The summed E-state index contributed by atoms with van der Waals surface area (Å²) in [5, 5.41) is 13.2. The van der Waals surface area contributed by atoms with Crippen LogP contribution < -0.4 is 4.80 Å². The molecule has 0 radical (unpaired) electrons. The number of hydrogen-bond acceptors (Lipinski definition) is 4. The summed E-state index contributed by atoms with van der Waals surface area (Å²) in [6.45, 7) is 6.41. The Balaban J connectivity index is 1.77. The molecule has 0 spiro atoms. The Bertz CT molecular complexity index is 1320. The lowest BCUT2D eigenvalue weighted by atomic mass is 10.1. The van der Waals surface area contributed by atoms with Gasteiger partial charge >= 0.3 is 0 Å². The van der Waals surface area contributed by atoms with Crippen molar-refractivity contribution in [1.29, 1.82) is 0 Å². The average molecular weight is 458 g/mol. The lowest BCUT2D eigenvalue weighted by Gasteiger charge is -2.18. The highest BCUT2D eigenvalue weighted by Crippen LogP contribution is 2.28. The molecule has 0 N–H and O–H groups in total. The van der Waals surface area contributed by atoms with Crippen LogP contribution in [0.25, 0.3) is 11.3 Å². The first kappa shape index (κ1) is 22.7. The summed E-state index contributed by atoms with van der Waals surface area (Å²) in [6.07, 6.45) is 1.92. The third-order valence-electron chi connectivity index (χ3n) is 6.04. The lowest BCUT2D eigenvalue weighted by Crippen LogP contribution is -2.20. The molecule has 0 fully saturated rings. The molecule has 0 bridgehead atoms. The fourth-order valence-electron chi connectivity index (χ4n) is 3.90. The standard InChI is InChI=1S/C27H27N3O2S/c1-19-8-7-11-25(21(19)3)28-27-29(20(2)12-13-22-9-5-4-6-10-22)26(18-33-27)23-14-16-24(17-15-23)30(31)32/h4-11,14-18,20H,12-13H2,1-3H3. The molecule has 0 amide bonds. The summed E-state index contributed by atoms with van der Waals surface area (Å²) in [6, 6.07) is 23.6. The van der Waals surface area contributed by atoms with Gasteiger partial charge in [0.25, 0.3) is 5.69 Å². The van der Waals surface area contributed by atoms with Gasteiger partial charge in [0.15, 0.2) is 4.80 Å². The minimum absolute atomic E-state index is 0.0953. The summed E-state index contributed by atoms with van der Waals surface area (Å²) in [5.74, 6) is 0. The second-order valence-electron chi connectivity index (χ2n) is 8.28. The van der Waals surface area contributed by atoms with Crippen molar-refractivity contribution in [2.24, 2.45) is 4.99 Å². The molecule has 6 heteroatoms. The van der Waals surface area contributed by atoms with Crippen LogP contribution in [0.15, 0.2) is 83.2 Å². The zero-order valence-corrected chi connectivity index (χ0v) is 19.9. The molecule has 5 nitrogen and oxygen atoms in total. The van der Waals surface area contributed by atoms with Gasteiger partial charge in [-0.05, 0) is 74.1 Å². The van der Waals surface area contributed by atoms with E-state index >= 15 is 0 Å². The Hall–Kier alpha value is -3.51. The predicted octanol–water partition coefficient (Wildman–Crippen LogP) is 7.17. The Morgan fingerprint density at radius 2 is 1.73 bits per heavy atom. The number of nitro benzene ring substituents is 1. The van der Waals surface area contributed by atoms with Crippen molar-refractivity contribution < 1.29 is 4.92 Å². The number of nitro groups is 1. The zero-order chi connectivity index (χ0) is 23.4. The van der Waals surface area contributed by atoms with E-state index < -0.39 is 0 Å². The van der Waals surface area contributed by atoms with Crippen LogP contribution in [0, 0.1) is 24.0 Å². The fraction of sp³-hybridized carbons (Fsp3) is 0.222. The van der Waals surface area contributed by atoms with Gasteiger partial charge in [-0.2, -0.15) is 0 Å². The van der Waals surface area contributed by atoms with E-state index in [1.165, 1.54) is 16.7 Å². The van der Waals surface area contributed by atoms with E-state index in [-0.39, 0.29) is 16.7 Å². The van der Waals surface area contributed by atoms with Crippen LogP contribution in [0.2, 0.25) is 0 Å². The smallest absolute Gasteiger partial charge is 0.269 e. The first-order chi connectivity index (χ1) is 15.9. The van der Waals surface area contributed by atoms with E-state index in [4.69, 9.17) is 4.99 Å². The quantitative estimate of drug-likeness (QED) is 0.218. The summed E-state index contributed by atoms with van der Waals surface area (Å²) in [5.41, 5.74) is 6.74. The molecule has 0 aliphatic carbocycles. The third-order valence-corrected chi connectivity index (χ3v) is 6.88. The van der Waals surface area contributed by atoms with E-state index in [1.54, 1.807) is 23.5 Å². The Morgan fingerprint density at radius 1 is 1.00 bits per heavy atom. The van der Waals surface area contributed by atoms with Gasteiger partial charge in [-0.3, -0.25) is 10.1 Å². The number of thiazole rings is 1. The second kappa shape index (κ2) is 9.96. The van der Waals surface area contributed by atoms with E-state index in [2.05, 4.69) is 61.1 Å². The van der Waals surface area contributed by atoms with Gasteiger partial charge < -0.3 is 4.57 Å². The molecule has 4 rings (SSSR count). The SMILES string of the molecule is Cc1cccc(N=c2scc(-c3ccc([N+](=O)[O-])cc3)n2C(C)CCc2ccccc2)c1C. The van der Waals surface area contributed by atoms with Crippen LogP contribution in [0.3, 0.4) is 0 Å². The molecular formula is C27H27N3O2S. The van der Waals surface area contributed by atoms with E-state index in [1.807, 2.05) is 30.3 Å². The molecule has 1 heterocycles. The molecule has 0 saturated carbocycles. The van der Waals surface area contributed by atoms with Crippen LogP contribution in [0.5, 0.6) is 0 Å². The van der Waals surface area contributed by atoms with Crippen molar-refractivity contribution in [3.63, 3.8) is 0 Å². The Labute approximate surface area is 197 Å². The van der Waals surface area contributed by atoms with Crippen molar-refractivity contribution in [3.8, 4) is 11.3 Å². The van der Waals surface area contributed by atoms with Crippen molar-refractivity contribution >= 4 is 22.7 Å². The molecule has 33 heavy (non-hydrogen) atoms. The van der Waals surface area contributed by atoms with Gasteiger partial charge in [0.1, 0.15) is 0 Å². The number of benzene rings is 3. The first-order valence-corrected chi connectivity index (χ1v) is 11.9. The van der Waals surface area contributed by atoms with Crippen LogP contribution in [0.1, 0.15) is 36.1 Å². The minimum atomic E-state index is -0.366. The van der Waals surface area contributed by atoms with Crippen LogP contribution in [0.4, 0.5) is 11.4 Å². The maximum Gasteiger partial charge on any atom is 0.269 e. The maximum atomic E-state index is 11.1. The lowest BCUT2D eigenvalue weighted by molar-refractivity contribution is -0.384. The van der Waals surface area contributed by atoms with Crippen molar-refractivity contribution in [2.75, 3.05) is 0 Å². The molecular weight excluding hydrogens is 430 g/mol. The van der Waals surface area contributed by atoms with Gasteiger partial charge in [0, 0.05) is 23.6 Å². The highest BCUT2D eigenvalue weighted by Gasteiger charge is 2.16. The van der Waals surface area contributed by atoms with Gasteiger partial charge in [-0.1, -0.05) is 42.5 Å². The Kier molecular flexibility index (Phi) is 6.84. The normalized spacial score (nSPS) is 12.6. The molecule has 3 aromatic carbocycles. The molecule has 4 aromatic rings. The summed E-state index contributed by atoms with van der Waals surface area (Å²) in [7, 11) is 0. The van der Waals surface area contributed by atoms with Gasteiger partial charge in [0.2, 0.25) is 0 Å². The molecule has 168 valence electrons. The van der Waals surface area contributed by atoms with Crippen LogP contribution in [-0.4, -0.2) is 9.49 Å². The number of nitrogens with zero attached hydrogens (tertiary/aromatic N) is 3. The number of aryl methyl sites for hydroxylation is 2. The summed E-state index contributed by atoms with van der Waals surface area (Å²) in [4.78, 5) is 16.7. The van der Waals surface area contributed by atoms with Gasteiger partial charge in [0.05, 0.1) is 16.3 Å². The second-order valence-corrected chi connectivity index (χ2v) is 9.12. The Morgan fingerprint density at radius 3 is 2.42 bits per heavy atom. The van der Waals surface area contributed by atoms with E-state index in [0.717, 1.165) is 34.6 Å². The topological polar surface area (TPSA) is 60.4 Å². The molecule has 1 unspecified atom stereocenters. The molecule has 0 saturated heterocycles. The number of rotatable bonds is 7. The molecule has 0 aliphatic rings. The largest absolute Gasteiger partial charge is 0.314 e. The predicted molar refractivity (Wildman–Crippen MR) is 135 cm³/mol. The number of non-ortho nitro benzene ring substituents is 1. The maximum absolute atomic E-state index is 11.1.